The predicted molar refractivity (Wildman–Crippen MR) is 132 cm³/mol. The van der Waals surface area contributed by atoms with E-state index >= 15 is 0 Å². The lowest BCUT2D eigenvalue weighted by Crippen LogP contribution is -2.18. The van der Waals surface area contributed by atoms with Gasteiger partial charge in [-0.05, 0) is 48.0 Å². The van der Waals surface area contributed by atoms with Gasteiger partial charge in [0, 0.05) is 45.5 Å². The van der Waals surface area contributed by atoms with Crippen LogP contribution in [-0.4, -0.2) is 27.4 Å². The molecule has 2 aromatic carbocycles. The maximum atomic E-state index is 14.6. The summed E-state index contributed by atoms with van der Waals surface area (Å²) < 4.78 is 55.7. The van der Waals surface area contributed by atoms with Crippen molar-refractivity contribution in [2.75, 3.05) is 7.11 Å². The van der Waals surface area contributed by atoms with Crippen LogP contribution in [-0.2, 0) is 12.7 Å². The first-order valence-electron chi connectivity index (χ1n) is 10.8. The van der Waals surface area contributed by atoms with E-state index in [1.165, 1.54) is 49.8 Å². The first-order chi connectivity index (χ1) is 17.7. The van der Waals surface area contributed by atoms with Gasteiger partial charge in [-0.25, -0.2) is 4.98 Å². The Kier molecular flexibility index (Phi) is 6.43. The van der Waals surface area contributed by atoms with Gasteiger partial charge in [0.2, 0.25) is 11.7 Å². The second-order valence-corrected chi connectivity index (χ2v) is 8.86. The molecule has 37 heavy (non-hydrogen) atoms. The normalized spacial score (nSPS) is 11.7. The van der Waals surface area contributed by atoms with E-state index in [0.717, 1.165) is 10.8 Å². The number of nitrogens with zero attached hydrogens (tertiary/aromatic N) is 3. The molecule has 0 atom stereocenters. The van der Waals surface area contributed by atoms with E-state index in [1.807, 2.05) is 0 Å². The van der Waals surface area contributed by atoms with E-state index in [-0.39, 0.29) is 39.9 Å². The molecular formula is C26H16Cl2F3N3O3. The fourth-order valence-electron chi connectivity index (χ4n) is 4.10. The van der Waals surface area contributed by atoms with Gasteiger partial charge in [-0.2, -0.15) is 13.2 Å². The highest BCUT2D eigenvalue weighted by Crippen LogP contribution is 2.41. The highest BCUT2D eigenvalue weighted by Gasteiger charge is 2.42. The Balaban J connectivity index is 1.73. The lowest BCUT2D eigenvalue weighted by atomic mass is 10.0. The second-order valence-electron chi connectivity index (χ2n) is 8.02. The third kappa shape index (κ3) is 4.68. The summed E-state index contributed by atoms with van der Waals surface area (Å²) in [7, 11) is 1.38. The molecule has 0 saturated heterocycles. The van der Waals surface area contributed by atoms with E-state index in [4.69, 9.17) is 32.4 Å². The molecule has 0 fully saturated rings. The maximum absolute atomic E-state index is 14.6. The molecule has 5 rings (SSSR count). The van der Waals surface area contributed by atoms with Crippen molar-refractivity contribution in [2.45, 2.75) is 12.7 Å². The van der Waals surface area contributed by atoms with Crippen LogP contribution >= 0.6 is 23.2 Å². The number of carbonyl (C=O) groups is 1. The Hall–Kier alpha value is -3.82. The molecule has 0 aliphatic rings. The number of ketones is 1. The average Bonchev–Trinajstić information content (AvgIpc) is 3.49. The van der Waals surface area contributed by atoms with Gasteiger partial charge in [0.05, 0.1) is 18.9 Å². The van der Waals surface area contributed by atoms with Gasteiger partial charge >= 0.3 is 6.18 Å². The zero-order chi connectivity index (χ0) is 26.3. The third-order valence-corrected chi connectivity index (χ3v) is 6.35. The van der Waals surface area contributed by atoms with Crippen LogP contribution in [0.1, 0.15) is 27.4 Å². The first-order valence-corrected chi connectivity index (χ1v) is 11.5. The van der Waals surface area contributed by atoms with Crippen LogP contribution in [0.15, 0.2) is 71.5 Å². The molecule has 0 N–H and O–H groups in total. The van der Waals surface area contributed by atoms with E-state index in [1.54, 1.807) is 18.2 Å². The molecule has 0 aliphatic heterocycles. The van der Waals surface area contributed by atoms with Crippen molar-refractivity contribution in [1.29, 1.82) is 0 Å². The van der Waals surface area contributed by atoms with Crippen molar-refractivity contribution in [3.63, 3.8) is 0 Å². The van der Waals surface area contributed by atoms with E-state index < -0.39 is 23.2 Å². The number of alkyl halides is 3. The number of halogens is 5. The number of methoxy groups -OCH3 is 1. The summed E-state index contributed by atoms with van der Waals surface area (Å²) in [6.45, 7) is -0.264. The number of aromatic nitrogens is 3. The number of ether oxygens (including phenoxy) is 1. The summed E-state index contributed by atoms with van der Waals surface area (Å²) in [5.41, 5.74) is -0.650. The fraction of sp³-hybridized carbons (Fsp3) is 0.115. The minimum atomic E-state index is -4.90. The molecule has 6 nitrogen and oxygen atoms in total. The van der Waals surface area contributed by atoms with Gasteiger partial charge in [0.25, 0.3) is 0 Å². The van der Waals surface area contributed by atoms with Crippen molar-refractivity contribution in [3.8, 4) is 17.2 Å². The number of rotatable bonds is 6. The molecule has 0 saturated carbocycles. The molecule has 5 aromatic rings. The molecule has 3 heterocycles. The van der Waals surface area contributed by atoms with Gasteiger partial charge in [-0.3, -0.25) is 9.78 Å². The fourth-order valence-corrected chi connectivity index (χ4v) is 4.57. The molecule has 0 radical (unpaired) electrons. The molecule has 0 amide bonds. The molecule has 0 aliphatic carbocycles. The zero-order valence-corrected chi connectivity index (χ0v) is 20.5. The van der Waals surface area contributed by atoms with Crippen molar-refractivity contribution in [1.82, 2.24) is 14.5 Å². The Morgan fingerprint density at radius 2 is 1.84 bits per heavy atom. The molecule has 11 heteroatoms. The van der Waals surface area contributed by atoms with Crippen LogP contribution in [0.25, 0.3) is 22.4 Å². The monoisotopic (exact) mass is 545 g/mol. The Bertz CT molecular complexity index is 1630. The van der Waals surface area contributed by atoms with Gasteiger partial charge in [0.1, 0.15) is 11.4 Å². The topological polar surface area (TPSA) is 70.2 Å². The number of fused-ring (bicyclic) bond motifs is 1. The van der Waals surface area contributed by atoms with Crippen molar-refractivity contribution < 1.29 is 27.1 Å². The van der Waals surface area contributed by atoms with Gasteiger partial charge < -0.3 is 13.7 Å². The van der Waals surface area contributed by atoms with Gasteiger partial charge in [-0.1, -0.05) is 29.3 Å². The second kappa shape index (κ2) is 9.57. The summed E-state index contributed by atoms with van der Waals surface area (Å²) in [5.74, 6) is -0.955. The number of hydrogen-bond acceptors (Lipinski definition) is 5. The zero-order valence-electron chi connectivity index (χ0n) is 19.0. The highest BCUT2D eigenvalue weighted by atomic mass is 35.5. The minimum absolute atomic E-state index is 0.0450. The van der Waals surface area contributed by atoms with Gasteiger partial charge in [0.15, 0.2) is 5.76 Å². The number of carbonyl (C=O) groups excluding carboxylic acids is 1. The number of oxazole rings is 1. The van der Waals surface area contributed by atoms with Crippen LogP contribution in [0.5, 0.6) is 5.75 Å². The first kappa shape index (κ1) is 24.9. The van der Waals surface area contributed by atoms with E-state index in [9.17, 15) is 18.0 Å². The van der Waals surface area contributed by atoms with Crippen molar-refractivity contribution >= 4 is 39.9 Å². The predicted octanol–water partition coefficient (Wildman–Crippen LogP) is 7.30. The molecule has 0 unspecified atom stereocenters. The minimum Gasteiger partial charge on any atom is -0.497 e. The van der Waals surface area contributed by atoms with Crippen molar-refractivity contribution in [3.05, 3.63) is 99.7 Å². The lowest BCUT2D eigenvalue weighted by Gasteiger charge is -2.15. The quantitative estimate of drug-likeness (QED) is 0.209. The smallest absolute Gasteiger partial charge is 0.432 e. The molecular weight excluding hydrogens is 530 g/mol. The average molecular weight is 546 g/mol. The third-order valence-electron chi connectivity index (χ3n) is 5.77. The Morgan fingerprint density at radius 3 is 2.51 bits per heavy atom. The number of hydrogen-bond donors (Lipinski definition) is 0. The van der Waals surface area contributed by atoms with Crippen LogP contribution < -0.4 is 4.74 Å². The molecule has 3 aromatic heterocycles. The number of benzene rings is 2. The van der Waals surface area contributed by atoms with Crippen LogP contribution in [0, 0.1) is 0 Å². The number of pyridine rings is 1. The largest absolute Gasteiger partial charge is 0.497 e. The molecule has 0 bridgehead atoms. The van der Waals surface area contributed by atoms with Gasteiger partial charge in [-0.15, -0.1) is 0 Å². The highest BCUT2D eigenvalue weighted by molar-refractivity contribution is 6.35. The van der Waals surface area contributed by atoms with E-state index in [2.05, 4.69) is 9.97 Å². The lowest BCUT2D eigenvalue weighted by molar-refractivity contribution is -0.143. The Morgan fingerprint density at radius 1 is 1.08 bits per heavy atom. The summed E-state index contributed by atoms with van der Waals surface area (Å²) in [6, 6.07) is 12.1. The molecule has 0 spiro atoms. The van der Waals surface area contributed by atoms with Crippen LogP contribution in [0.2, 0.25) is 10.0 Å². The van der Waals surface area contributed by atoms with Crippen LogP contribution in [0.4, 0.5) is 13.2 Å². The Labute approximate surface area is 218 Å². The van der Waals surface area contributed by atoms with Crippen molar-refractivity contribution in [2.24, 2.45) is 0 Å². The van der Waals surface area contributed by atoms with Crippen LogP contribution in [0.3, 0.4) is 0 Å². The summed E-state index contributed by atoms with van der Waals surface area (Å²) in [4.78, 5) is 21.6. The summed E-state index contributed by atoms with van der Waals surface area (Å²) in [6.07, 6.45) is -0.781. The molecule has 188 valence electrons. The maximum Gasteiger partial charge on any atom is 0.432 e. The summed E-state index contributed by atoms with van der Waals surface area (Å²) in [5, 5.41) is 0.586. The SMILES string of the molecule is COc1ccc2c(c1)c(C(=O)c1cnc(-c3ccncc3)o1)c(C(F)(F)F)n2Cc1ccc(Cl)cc1Cl. The van der Waals surface area contributed by atoms with E-state index in [0.29, 0.717) is 16.1 Å². The summed E-state index contributed by atoms with van der Waals surface area (Å²) >= 11 is 12.2. The standard InChI is InChI=1S/C26H16Cl2F3N3O3/c1-36-17-4-5-20-18(11-17)22(23(35)21-12-33-25(37-21)14-6-8-32-9-7-14)24(26(29,30)31)34(20)13-15-2-3-16(27)10-19(15)28/h2-12H,13H2,1H3.